The predicted octanol–water partition coefficient (Wildman–Crippen LogP) is 5.76. The fourth-order valence-corrected chi connectivity index (χ4v) is 5.64. The predicted molar refractivity (Wildman–Crippen MR) is 164 cm³/mol. The third-order valence-electron chi connectivity index (χ3n) is 7.07. The lowest BCUT2D eigenvalue weighted by atomic mass is 9.96. The molecule has 1 aliphatic rings. The number of sulfonamides is 1. The van der Waals surface area contributed by atoms with Gasteiger partial charge in [0, 0.05) is 36.7 Å². The van der Waals surface area contributed by atoms with Crippen molar-refractivity contribution < 1.29 is 27.1 Å². The molecular weight excluding hydrogens is 559 g/mol. The van der Waals surface area contributed by atoms with Gasteiger partial charge < -0.3 is 14.4 Å². The van der Waals surface area contributed by atoms with Gasteiger partial charge in [-0.15, -0.1) is 0 Å². The number of nitrogens with zero attached hydrogens (tertiary/aromatic N) is 4. The summed E-state index contributed by atoms with van der Waals surface area (Å²) in [6.07, 6.45) is 4.84. The highest BCUT2D eigenvalue weighted by atomic mass is 32.2. The van der Waals surface area contributed by atoms with Crippen LogP contribution in [0, 0.1) is 5.82 Å². The molecule has 0 spiro atoms. The number of carbonyl (C=O) groups excluding carboxylic acids is 1. The summed E-state index contributed by atoms with van der Waals surface area (Å²) in [5.41, 5.74) is 2.39. The second kappa shape index (κ2) is 13.2. The summed E-state index contributed by atoms with van der Waals surface area (Å²) >= 11 is 0. The molecule has 1 aliphatic heterocycles. The number of anilines is 1. The molecule has 0 N–H and O–H groups in total. The van der Waals surface area contributed by atoms with Crippen molar-refractivity contribution in [2.45, 2.75) is 104 Å². The number of ether oxygens (including phenoxy) is 2. The van der Waals surface area contributed by atoms with Crippen LogP contribution in [-0.4, -0.2) is 72.6 Å². The second-order valence-electron chi connectivity index (χ2n) is 12.1. The van der Waals surface area contributed by atoms with Crippen LogP contribution in [0.15, 0.2) is 30.3 Å². The number of aromatic nitrogens is 2. The van der Waals surface area contributed by atoms with Crippen molar-refractivity contribution in [3.05, 3.63) is 47.4 Å². The third kappa shape index (κ3) is 8.35. The summed E-state index contributed by atoms with van der Waals surface area (Å²) < 4.78 is 51.9. The van der Waals surface area contributed by atoms with Crippen LogP contribution in [0.5, 0.6) is 0 Å². The van der Waals surface area contributed by atoms with Crippen molar-refractivity contribution in [2.24, 2.45) is 0 Å². The van der Waals surface area contributed by atoms with E-state index in [0.717, 1.165) is 10.6 Å². The number of carbonyl (C=O) groups is 1. The van der Waals surface area contributed by atoms with E-state index >= 15 is 0 Å². The van der Waals surface area contributed by atoms with E-state index in [-0.39, 0.29) is 48.5 Å². The van der Waals surface area contributed by atoms with Crippen molar-refractivity contribution in [1.29, 1.82) is 0 Å². The zero-order valence-electron chi connectivity index (χ0n) is 26.4. The molecule has 1 fully saturated rings. The van der Waals surface area contributed by atoms with Gasteiger partial charge in [-0.05, 0) is 71.7 Å². The van der Waals surface area contributed by atoms with Gasteiger partial charge >= 0.3 is 0 Å². The molecule has 2 heterocycles. The highest BCUT2D eigenvalue weighted by Gasteiger charge is 2.37. The van der Waals surface area contributed by atoms with Crippen molar-refractivity contribution in [1.82, 2.24) is 14.9 Å². The van der Waals surface area contributed by atoms with Crippen LogP contribution < -0.4 is 4.31 Å². The van der Waals surface area contributed by atoms with Gasteiger partial charge in [0.25, 0.3) is 0 Å². The smallest absolute Gasteiger partial charge is 0.239 e. The number of hydrogen-bond acceptors (Lipinski definition) is 7. The quantitative estimate of drug-likeness (QED) is 0.340. The number of hydrogen-bond donors (Lipinski definition) is 0. The Morgan fingerprint density at radius 3 is 2.19 bits per heavy atom. The zero-order chi connectivity index (χ0) is 31.6. The minimum atomic E-state index is -3.63. The molecule has 0 saturated carbocycles. The summed E-state index contributed by atoms with van der Waals surface area (Å²) in [5, 5.41) is 0. The van der Waals surface area contributed by atoms with Gasteiger partial charge in [0.2, 0.25) is 21.9 Å². The average molecular weight is 605 g/mol. The van der Waals surface area contributed by atoms with Crippen LogP contribution in [0.4, 0.5) is 10.3 Å². The molecule has 42 heavy (non-hydrogen) atoms. The molecule has 0 unspecified atom stereocenters. The maximum absolute atomic E-state index is 13.8. The molecule has 2 aromatic rings. The molecule has 2 atom stereocenters. The Balaban J connectivity index is 2.04. The van der Waals surface area contributed by atoms with Crippen LogP contribution in [0.1, 0.15) is 85.4 Å². The van der Waals surface area contributed by atoms with E-state index in [9.17, 15) is 17.6 Å². The Bertz CT molecular complexity index is 1380. The van der Waals surface area contributed by atoms with Gasteiger partial charge in [0.15, 0.2) is 5.79 Å². The number of benzene rings is 1. The summed E-state index contributed by atoms with van der Waals surface area (Å²) in [6.45, 7) is 15.6. The first-order valence-corrected chi connectivity index (χ1v) is 16.2. The van der Waals surface area contributed by atoms with Gasteiger partial charge in [0.1, 0.15) is 5.82 Å². The minimum absolute atomic E-state index is 0.0274. The van der Waals surface area contributed by atoms with E-state index in [1.807, 2.05) is 72.4 Å². The van der Waals surface area contributed by atoms with Crippen molar-refractivity contribution in [3.8, 4) is 11.3 Å². The second-order valence-corrected chi connectivity index (χ2v) is 14.2. The zero-order valence-corrected chi connectivity index (χ0v) is 27.2. The highest BCUT2D eigenvalue weighted by Crippen LogP contribution is 2.34. The van der Waals surface area contributed by atoms with Crippen LogP contribution in [0.25, 0.3) is 17.3 Å². The van der Waals surface area contributed by atoms with Gasteiger partial charge in [-0.25, -0.2) is 27.1 Å². The van der Waals surface area contributed by atoms with Crippen LogP contribution >= 0.6 is 0 Å². The molecule has 1 amide bonds. The Labute approximate surface area is 250 Å². The molecular formula is C31H45FN4O5S. The Morgan fingerprint density at radius 1 is 1.07 bits per heavy atom. The van der Waals surface area contributed by atoms with Crippen LogP contribution in [0.3, 0.4) is 0 Å². The molecule has 3 rings (SSSR count). The van der Waals surface area contributed by atoms with Crippen LogP contribution in [-0.2, 0) is 24.3 Å². The molecule has 0 aliphatic carbocycles. The van der Waals surface area contributed by atoms with E-state index in [1.165, 1.54) is 19.2 Å². The first kappa shape index (κ1) is 33.6. The van der Waals surface area contributed by atoms with Crippen molar-refractivity contribution >= 4 is 28.0 Å². The molecule has 11 heteroatoms. The first-order valence-electron chi connectivity index (χ1n) is 14.4. The Kier molecular flexibility index (Phi) is 10.5. The minimum Gasteiger partial charge on any atom is -0.347 e. The lowest BCUT2D eigenvalue weighted by molar-refractivity contribution is -0.290. The maximum Gasteiger partial charge on any atom is 0.239 e. The lowest BCUT2D eigenvalue weighted by Crippen LogP contribution is -2.48. The fraction of sp³-hybridized carbons (Fsp3) is 0.581. The van der Waals surface area contributed by atoms with E-state index < -0.39 is 21.6 Å². The largest absolute Gasteiger partial charge is 0.347 e. The standard InChI is InChI=1S/C31H45FN4O5S/c1-19(2)28-26(29(22-11-13-23(32)14-12-22)34-30(33-28)35(9)42(10,38)39)16-15-24-17-25(41-31(7,8)40-24)18-27(37)36(20(3)4)21(5)6/h11-16,19-21,24-25H,17-18H2,1-10H3/b16-15+/t24-,25-/m1/s1. The third-order valence-corrected chi connectivity index (χ3v) is 8.23. The lowest BCUT2D eigenvalue weighted by Gasteiger charge is -2.41. The Hall–Kier alpha value is -2.89. The van der Waals surface area contributed by atoms with Crippen LogP contribution in [0.2, 0.25) is 0 Å². The summed E-state index contributed by atoms with van der Waals surface area (Å²) in [7, 11) is -2.23. The topological polar surface area (TPSA) is 102 Å². The molecule has 1 aromatic heterocycles. The van der Waals surface area contributed by atoms with E-state index in [4.69, 9.17) is 9.47 Å². The Morgan fingerprint density at radius 2 is 1.67 bits per heavy atom. The van der Waals surface area contributed by atoms with Gasteiger partial charge in [-0.2, -0.15) is 0 Å². The molecule has 1 saturated heterocycles. The average Bonchev–Trinajstić information content (AvgIpc) is 2.85. The molecule has 232 valence electrons. The number of halogens is 1. The highest BCUT2D eigenvalue weighted by molar-refractivity contribution is 7.92. The monoisotopic (exact) mass is 604 g/mol. The summed E-state index contributed by atoms with van der Waals surface area (Å²) in [6, 6.07) is 6.03. The van der Waals surface area contributed by atoms with Gasteiger partial charge in [-0.3, -0.25) is 4.79 Å². The molecule has 0 radical (unpaired) electrons. The fourth-order valence-electron chi connectivity index (χ4n) is 5.26. The molecule has 0 bridgehead atoms. The molecule has 9 nitrogen and oxygen atoms in total. The number of rotatable bonds is 10. The van der Waals surface area contributed by atoms with E-state index in [0.29, 0.717) is 28.9 Å². The summed E-state index contributed by atoms with van der Waals surface area (Å²) in [4.78, 5) is 24.3. The molecule has 1 aromatic carbocycles. The maximum atomic E-state index is 13.8. The van der Waals surface area contributed by atoms with Crippen molar-refractivity contribution in [2.75, 3.05) is 17.6 Å². The van der Waals surface area contributed by atoms with Gasteiger partial charge in [-0.1, -0.05) is 26.0 Å². The normalized spacial score (nSPS) is 19.2. The van der Waals surface area contributed by atoms with Crippen molar-refractivity contribution in [3.63, 3.8) is 0 Å². The van der Waals surface area contributed by atoms with E-state index in [2.05, 4.69) is 9.97 Å². The van der Waals surface area contributed by atoms with Gasteiger partial charge in [0.05, 0.1) is 36.3 Å². The number of amides is 1. The first-order chi connectivity index (χ1) is 19.4. The summed E-state index contributed by atoms with van der Waals surface area (Å²) in [5.74, 6) is -1.34. The SMILES string of the molecule is CC(C)c1nc(N(C)S(C)(=O)=O)nc(-c2ccc(F)cc2)c1/C=C/[C@@H]1C[C@H](CC(=O)N(C(C)C)C(C)C)OC(C)(C)O1. The van der Waals surface area contributed by atoms with E-state index in [1.54, 1.807) is 12.1 Å².